The van der Waals surface area contributed by atoms with Crippen molar-refractivity contribution in [3.63, 3.8) is 0 Å². The molecule has 2 fully saturated rings. The maximum Gasteiger partial charge on any atom is 0.262 e. The van der Waals surface area contributed by atoms with Crippen LogP contribution < -0.4 is 0 Å². The number of nitrogens with zero attached hydrogens (tertiary/aromatic N) is 3. The first-order valence-corrected chi connectivity index (χ1v) is 8.01. The second kappa shape index (κ2) is 6.68. The van der Waals surface area contributed by atoms with Gasteiger partial charge in [0.1, 0.15) is 0 Å². The van der Waals surface area contributed by atoms with Crippen molar-refractivity contribution < 1.29 is 22.7 Å². The summed E-state index contributed by atoms with van der Waals surface area (Å²) in [6.45, 7) is 2.88. The van der Waals surface area contributed by atoms with E-state index in [2.05, 4.69) is 4.98 Å². The molecule has 5 nitrogen and oxygen atoms in total. The minimum atomic E-state index is -2.73. The summed E-state index contributed by atoms with van der Waals surface area (Å²) in [6, 6.07) is 0.838. The minimum Gasteiger partial charge on any atom is -0.380 e. The Labute approximate surface area is 138 Å². The summed E-state index contributed by atoms with van der Waals surface area (Å²) < 4.78 is 46.4. The number of alkyl halides is 2. The van der Waals surface area contributed by atoms with Gasteiger partial charge in [0, 0.05) is 44.4 Å². The van der Waals surface area contributed by atoms with E-state index in [1.165, 1.54) is 17.2 Å². The molecule has 3 heterocycles. The molecular weight excluding hydrogens is 323 g/mol. The third kappa shape index (κ3) is 3.39. The zero-order chi connectivity index (χ0) is 17.3. The van der Waals surface area contributed by atoms with Gasteiger partial charge >= 0.3 is 0 Å². The van der Waals surface area contributed by atoms with E-state index in [-0.39, 0.29) is 37.2 Å². The molecule has 0 aliphatic carbocycles. The smallest absolute Gasteiger partial charge is 0.262 e. The quantitative estimate of drug-likeness (QED) is 0.818. The van der Waals surface area contributed by atoms with Crippen molar-refractivity contribution in [1.82, 2.24) is 14.8 Å². The summed E-state index contributed by atoms with van der Waals surface area (Å²) in [7, 11) is 0. The Kier molecular flexibility index (Phi) is 4.78. The topological polar surface area (TPSA) is 45.7 Å². The number of carbonyl (C=O) groups excluding carboxylic acids is 1. The van der Waals surface area contributed by atoms with E-state index < -0.39 is 17.6 Å². The third-order valence-electron chi connectivity index (χ3n) is 4.55. The molecule has 0 bridgehead atoms. The van der Waals surface area contributed by atoms with Crippen LogP contribution in [0.15, 0.2) is 18.5 Å². The highest BCUT2D eigenvalue weighted by molar-refractivity contribution is 5.94. The molecule has 1 aromatic rings. The summed E-state index contributed by atoms with van der Waals surface area (Å²) >= 11 is 0. The van der Waals surface area contributed by atoms with Crippen LogP contribution in [0.5, 0.6) is 0 Å². The minimum absolute atomic E-state index is 0.0407. The number of carbonyl (C=O) groups is 1. The lowest BCUT2D eigenvalue weighted by atomic mass is 10.0. The first kappa shape index (κ1) is 17.2. The zero-order valence-electron chi connectivity index (χ0n) is 13.4. The molecule has 3 rings (SSSR count). The lowest BCUT2D eigenvalue weighted by Gasteiger charge is -2.45. The van der Waals surface area contributed by atoms with Gasteiger partial charge in [-0.25, -0.2) is 13.2 Å². The van der Waals surface area contributed by atoms with Crippen LogP contribution in [0.25, 0.3) is 0 Å². The Hall–Kier alpha value is -1.67. The van der Waals surface area contributed by atoms with Crippen molar-refractivity contribution >= 4 is 5.91 Å². The molecule has 0 saturated carbocycles. The maximum atomic E-state index is 13.7. The molecule has 132 valence electrons. The summed E-state index contributed by atoms with van der Waals surface area (Å²) in [4.78, 5) is 19.1. The van der Waals surface area contributed by atoms with Gasteiger partial charge in [0.25, 0.3) is 11.8 Å². The average Bonchev–Trinajstić information content (AvgIpc) is 2.78. The largest absolute Gasteiger partial charge is 0.380 e. The number of hydrogen-bond donors (Lipinski definition) is 0. The number of aromatic nitrogens is 1. The highest BCUT2D eigenvalue weighted by Gasteiger charge is 2.50. The molecule has 1 amide bonds. The van der Waals surface area contributed by atoms with E-state index in [1.807, 2.05) is 6.92 Å². The van der Waals surface area contributed by atoms with Crippen LogP contribution in [0.3, 0.4) is 0 Å². The van der Waals surface area contributed by atoms with Crippen molar-refractivity contribution in [1.29, 1.82) is 0 Å². The molecule has 2 aliphatic heterocycles. The standard InChI is InChI=1S/C16H20F3N3O2/c1-2-24-9-11-5-16(18,19)10-22(11)12-7-21(8-12)15(23)13-3-4-20-6-14(13)17/h3-4,6,11-12H,2,5,7-10H2,1H3/t11-/m0/s1. The number of pyridine rings is 1. The van der Waals surface area contributed by atoms with Gasteiger partial charge in [-0.2, -0.15) is 0 Å². The molecule has 1 aromatic heterocycles. The molecule has 0 spiro atoms. The molecule has 1 atom stereocenters. The molecule has 24 heavy (non-hydrogen) atoms. The number of likely N-dealkylation sites (tertiary alicyclic amines) is 2. The van der Waals surface area contributed by atoms with Crippen LogP contribution in [-0.2, 0) is 4.74 Å². The van der Waals surface area contributed by atoms with Crippen molar-refractivity contribution in [3.8, 4) is 0 Å². The molecular formula is C16H20F3N3O2. The normalized spacial score (nSPS) is 24.2. The predicted octanol–water partition coefficient (Wildman–Crippen LogP) is 1.79. The van der Waals surface area contributed by atoms with Crippen LogP contribution in [0.4, 0.5) is 13.2 Å². The summed E-state index contributed by atoms with van der Waals surface area (Å²) in [6.07, 6.45) is 2.12. The Bertz CT molecular complexity index is 608. The number of hydrogen-bond acceptors (Lipinski definition) is 4. The van der Waals surface area contributed by atoms with Gasteiger partial charge in [0.2, 0.25) is 0 Å². The monoisotopic (exact) mass is 343 g/mol. The van der Waals surface area contributed by atoms with E-state index >= 15 is 0 Å². The van der Waals surface area contributed by atoms with E-state index in [0.29, 0.717) is 19.7 Å². The summed E-state index contributed by atoms with van der Waals surface area (Å²) in [5.74, 6) is -3.84. The fourth-order valence-corrected chi connectivity index (χ4v) is 3.31. The molecule has 0 N–H and O–H groups in total. The fourth-order valence-electron chi connectivity index (χ4n) is 3.31. The lowest BCUT2D eigenvalue weighted by Crippen LogP contribution is -2.62. The number of halogens is 3. The number of ether oxygens (including phenoxy) is 1. The summed E-state index contributed by atoms with van der Waals surface area (Å²) in [5, 5.41) is 0. The van der Waals surface area contributed by atoms with Gasteiger partial charge in [0.05, 0.1) is 24.9 Å². The number of amides is 1. The van der Waals surface area contributed by atoms with E-state index in [1.54, 1.807) is 4.90 Å². The second-order valence-electron chi connectivity index (χ2n) is 6.27. The zero-order valence-corrected chi connectivity index (χ0v) is 13.4. The molecule has 0 unspecified atom stereocenters. The SMILES string of the molecule is CCOC[C@@H]1CC(F)(F)CN1C1CN(C(=O)c2ccncc2F)C1. The Morgan fingerprint density at radius 3 is 2.88 bits per heavy atom. The summed E-state index contributed by atoms with van der Waals surface area (Å²) in [5.41, 5.74) is -0.0407. The van der Waals surface area contributed by atoms with Gasteiger partial charge in [0.15, 0.2) is 5.82 Å². The van der Waals surface area contributed by atoms with Crippen LogP contribution in [0, 0.1) is 5.82 Å². The van der Waals surface area contributed by atoms with E-state index in [9.17, 15) is 18.0 Å². The third-order valence-corrected chi connectivity index (χ3v) is 4.55. The van der Waals surface area contributed by atoms with Gasteiger partial charge in [-0.05, 0) is 13.0 Å². The van der Waals surface area contributed by atoms with Crippen molar-refractivity contribution in [2.24, 2.45) is 0 Å². The second-order valence-corrected chi connectivity index (χ2v) is 6.27. The molecule has 8 heteroatoms. The van der Waals surface area contributed by atoms with Crippen molar-refractivity contribution in [2.75, 3.05) is 32.8 Å². The average molecular weight is 343 g/mol. The molecule has 2 saturated heterocycles. The number of rotatable bonds is 5. The van der Waals surface area contributed by atoms with Crippen LogP contribution in [-0.4, -0.2) is 71.5 Å². The van der Waals surface area contributed by atoms with Crippen molar-refractivity contribution in [2.45, 2.75) is 31.4 Å². The van der Waals surface area contributed by atoms with Crippen molar-refractivity contribution in [3.05, 3.63) is 29.8 Å². The molecule has 0 radical (unpaired) electrons. The van der Waals surface area contributed by atoms with Crippen LogP contribution in [0.2, 0.25) is 0 Å². The first-order chi connectivity index (χ1) is 11.4. The Balaban J connectivity index is 1.61. The Morgan fingerprint density at radius 1 is 1.46 bits per heavy atom. The van der Waals surface area contributed by atoms with E-state index in [0.717, 1.165) is 6.20 Å². The molecule has 2 aliphatic rings. The van der Waals surface area contributed by atoms with Crippen LogP contribution in [0.1, 0.15) is 23.7 Å². The maximum absolute atomic E-state index is 13.7. The van der Waals surface area contributed by atoms with Gasteiger partial charge in [-0.15, -0.1) is 0 Å². The van der Waals surface area contributed by atoms with Gasteiger partial charge in [-0.1, -0.05) is 0 Å². The Morgan fingerprint density at radius 2 is 2.21 bits per heavy atom. The van der Waals surface area contributed by atoms with Crippen LogP contribution >= 0.6 is 0 Å². The highest BCUT2D eigenvalue weighted by atomic mass is 19.3. The van der Waals surface area contributed by atoms with Gasteiger partial charge < -0.3 is 9.64 Å². The first-order valence-electron chi connectivity index (χ1n) is 8.01. The van der Waals surface area contributed by atoms with E-state index in [4.69, 9.17) is 4.74 Å². The van der Waals surface area contributed by atoms with Gasteiger partial charge in [-0.3, -0.25) is 14.7 Å². The fraction of sp³-hybridized carbons (Fsp3) is 0.625. The molecule has 0 aromatic carbocycles. The lowest BCUT2D eigenvalue weighted by molar-refractivity contribution is -0.0149. The predicted molar refractivity (Wildman–Crippen MR) is 80.4 cm³/mol. The highest BCUT2D eigenvalue weighted by Crippen LogP contribution is 2.35.